The van der Waals surface area contributed by atoms with Crippen LogP contribution >= 0.6 is 22.6 Å². The van der Waals surface area contributed by atoms with Gasteiger partial charge >= 0.3 is 0 Å². The number of rotatable bonds is 3. The van der Waals surface area contributed by atoms with Gasteiger partial charge in [-0.15, -0.1) is 10.2 Å². The van der Waals surface area contributed by atoms with Crippen molar-refractivity contribution in [1.82, 2.24) is 10.2 Å². The molecule has 0 radical (unpaired) electrons. The molecule has 4 nitrogen and oxygen atoms in total. The van der Waals surface area contributed by atoms with Crippen molar-refractivity contribution in [3.05, 3.63) is 40.1 Å². The van der Waals surface area contributed by atoms with Crippen molar-refractivity contribution < 1.29 is 9.15 Å². The van der Waals surface area contributed by atoms with Crippen LogP contribution in [-0.4, -0.2) is 10.2 Å². The molecule has 0 N–H and O–H groups in total. The van der Waals surface area contributed by atoms with Crippen LogP contribution in [0.1, 0.15) is 5.89 Å². The quantitative estimate of drug-likeness (QED) is 0.816. The molecule has 0 aliphatic rings. The number of hydrogen-bond acceptors (Lipinski definition) is 4. The number of para-hydroxylation sites is 1. The minimum absolute atomic E-state index is 0.306. The van der Waals surface area contributed by atoms with Crippen LogP contribution in [0.4, 0.5) is 0 Å². The van der Waals surface area contributed by atoms with E-state index >= 15 is 0 Å². The second kappa shape index (κ2) is 4.41. The highest BCUT2D eigenvalue weighted by molar-refractivity contribution is 14.1. The largest absolute Gasteiger partial charge is 0.484 e. The van der Waals surface area contributed by atoms with Crippen molar-refractivity contribution in [2.24, 2.45) is 0 Å². The average molecular weight is 302 g/mol. The maximum atomic E-state index is 5.41. The molecule has 0 fully saturated rings. The van der Waals surface area contributed by atoms with Gasteiger partial charge in [0.05, 0.1) is 0 Å². The Morgan fingerprint density at radius 1 is 1.21 bits per heavy atom. The van der Waals surface area contributed by atoms with Gasteiger partial charge < -0.3 is 9.15 Å². The first-order valence-corrected chi connectivity index (χ1v) is 5.08. The monoisotopic (exact) mass is 302 g/mol. The minimum atomic E-state index is 0.306. The lowest BCUT2D eigenvalue weighted by Crippen LogP contribution is -1.95. The second-order valence-corrected chi connectivity index (χ2v) is 3.47. The molecule has 0 saturated carbocycles. The summed E-state index contributed by atoms with van der Waals surface area (Å²) in [5, 5.41) is 7.50. The van der Waals surface area contributed by atoms with E-state index in [1.807, 2.05) is 52.9 Å². The number of nitrogens with zero attached hydrogens (tertiary/aromatic N) is 2. The lowest BCUT2D eigenvalue weighted by molar-refractivity contribution is 0.260. The molecule has 72 valence electrons. The number of halogens is 1. The zero-order valence-electron chi connectivity index (χ0n) is 7.18. The van der Waals surface area contributed by atoms with Gasteiger partial charge in [-0.1, -0.05) is 18.2 Å². The van der Waals surface area contributed by atoms with Crippen molar-refractivity contribution >= 4 is 22.6 Å². The molecule has 5 heteroatoms. The van der Waals surface area contributed by atoms with Crippen molar-refractivity contribution in [2.75, 3.05) is 0 Å². The van der Waals surface area contributed by atoms with E-state index in [-0.39, 0.29) is 0 Å². The Bertz CT molecular complexity index is 402. The van der Waals surface area contributed by atoms with Crippen LogP contribution in [0.25, 0.3) is 0 Å². The van der Waals surface area contributed by atoms with E-state index in [1.54, 1.807) is 0 Å². The molecule has 0 aliphatic heterocycles. The molecule has 1 aromatic carbocycles. The van der Waals surface area contributed by atoms with Gasteiger partial charge in [0.2, 0.25) is 0 Å². The Kier molecular flexibility index (Phi) is 2.97. The molecule has 0 aliphatic carbocycles. The van der Waals surface area contributed by atoms with Crippen LogP contribution in [-0.2, 0) is 6.61 Å². The van der Waals surface area contributed by atoms with Gasteiger partial charge in [-0.3, -0.25) is 0 Å². The van der Waals surface area contributed by atoms with E-state index in [4.69, 9.17) is 9.15 Å². The molecule has 2 aromatic rings. The van der Waals surface area contributed by atoms with E-state index in [9.17, 15) is 0 Å². The highest BCUT2D eigenvalue weighted by Gasteiger charge is 2.03. The lowest BCUT2D eigenvalue weighted by atomic mass is 10.3. The van der Waals surface area contributed by atoms with Crippen LogP contribution < -0.4 is 4.74 Å². The van der Waals surface area contributed by atoms with E-state index in [1.165, 1.54) is 0 Å². The predicted molar refractivity (Wildman–Crippen MR) is 57.8 cm³/mol. The van der Waals surface area contributed by atoms with E-state index < -0.39 is 0 Å². The molecule has 0 atom stereocenters. The van der Waals surface area contributed by atoms with E-state index in [2.05, 4.69) is 10.2 Å². The SMILES string of the molecule is Ic1nnc(COc2ccccc2)o1. The fraction of sp³-hybridized carbons (Fsp3) is 0.111. The molecule has 2 rings (SSSR count). The molecular weight excluding hydrogens is 295 g/mol. The standard InChI is InChI=1S/C9H7IN2O2/c10-9-12-11-8(14-9)6-13-7-4-2-1-3-5-7/h1-5H,6H2. The van der Waals surface area contributed by atoms with Crippen molar-refractivity contribution in [1.29, 1.82) is 0 Å². The Morgan fingerprint density at radius 3 is 2.64 bits per heavy atom. The first-order chi connectivity index (χ1) is 6.84. The summed E-state index contributed by atoms with van der Waals surface area (Å²) in [5.41, 5.74) is 0. The Balaban J connectivity index is 1.95. The first-order valence-electron chi connectivity index (χ1n) is 4.00. The van der Waals surface area contributed by atoms with Gasteiger partial charge in [0.25, 0.3) is 9.79 Å². The smallest absolute Gasteiger partial charge is 0.278 e. The third kappa shape index (κ3) is 2.44. The summed E-state index contributed by atoms with van der Waals surface area (Å²) >= 11 is 1.96. The van der Waals surface area contributed by atoms with Crippen LogP contribution in [0.3, 0.4) is 0 Å². The molecular formula is C9H7IN2O2. The zero-order valence-corrected chi connectivity index (χ0v) is 9.34. The Hall–Kier alpha value is -1.11. The van der Waals surface area contributed by atoms with Gasteiger partial charge in [0, 0.05) is 22.6 Å². The van der Waals surface area contributed by atoms with E-state index in [0.717, 1.165) is 5.75 Å². The van der Waals surface area contributed by atoms with Crippen molar-refractivity contribution in [2.45, 2.75) is 6.61 Å². The average Bonchev–Trinajstić information content (AvgIpc) is 2.63. The van der Waals surface area contributed by atoms with E-state index in [0.29, 0.717) is 16.4 Å². The highest BCUT2D eigenvalue weighted by atomic mass is 127. The highest BCUT2D eigenvalue weighted by Crippen LogP contribution is 2.11. The van der Waals surface area contributed by atoms with Crippen molar-refractivity contribution in [3.8, 4) is 5.75 Å². The second-order valence-electron chi connectivity index (χ2n) is 2.55. The van der Waals surface area contributed by atoms with Crippen LogP contribution in [0.2, 0.25) is 0 Å². The molecule has 0 unspecified atom stereocenters. The summed E-state index contributed by atoms with van der Waals surface area (Å²) < 4.78 is 11.1. The molecule has 0 saturated heterocycles. The Morgan fingerprint density at radius 2 is 2.00 bits per heavy atom. The topological polar surface area (TPSA) is 48.2 Å². The normalized spacial score (nSPS) is 10.1. The van der Waals surface area contributed by atoms with Gasteiger partial charge in [-0.05, 0) is 12.1 Å². The molecule has 0 amide bonds. The maximum absolute atomic E-state index is 5.41. The summed E-state index contributed by atoms with van der Waals surface area (Å²) in [6.07, 6.45) is 0. The molecule has 0 bridgehead atoms. The third-order valence-corrected chi connectivity index (χ3v) is 1.98. The Labute approximate surface area is 94.4 Å². The summed E-state index contributed by atoms with van der Waals surface area (Å²) in [6.45, 7) is 0.306. The van der Waals surface area contributed by atoms with Crippen molar-refractivity contribution in [3.63, 3.8) is 0 Å². The van der Waals surface area contributed by atoms with Crippen LogP contribution in [0.5, 0.6) is 5.75 Å². The number of hydrogen-bond donors (Lipinski definition) is 0. The maximum Gasteiger partial charge on any atom is 0.278 e. The zero-order chi connectivity index (χ0) is 9.80. The molecule has 1 aromatic heterocycles. The minimum Gasteiger partial charge on any atom is -0.484 e. The molecule has 0 spiro atoms. The lowest BCUT2D eigenvalue weighted by Gasteiger charge is -2.01. The first kappa shape index (κ1) is 9.45. The predicted octanol–water partition coefficient (Wildman–Crippen LogP) is 2.25. The van der Waals surface area contributed by atoms with Gasteiger partial charge in [0.1, 0.15) is 5.75 Å². The van der Waals surface area contributed by atoms with Crippen LogP contribution in [0.15, 0.2) is 34.7 Å². The molecule has 1 heterocycles. The summed E-state index contributed by atoms with van der Waals surface area (Å²) in [7, 11) is 0. The number of benzene rings is 1. The summed E-state index contributed by atoms with van der Waals surface area (Å²) in [5.74, 6) is 1.28. The number of aromatic nitrogens is 2. The molecule has 14 heavy (non-hydrogen) atoms. The van der Waals surface area contributed by atoms with Gasteiger partial charge in [-0.25, -0.2) is 0 Å². The fourth-order valence-corrected chi connectivity index (χ4v) is 1.32. The fourth-order valence-electron chi connectivity index (χ4n) is 0.953. The van der Waals surface area contributed by atoms with Crippen LogP contribution in [0, 0.1) is 3.90 Å². The summed E-state index contributed by atoms with van der Waals surface area (Å²) in [4.78, 5) is 0. The van der Waals surface area contributed by atoms with Gasteiger partial charge in [-0.2, -0.15) is 0 Å². The number of ether oxygens (including phenoxy) is 1. The van der Waals surface area contributed by atoms with Gasteiger partial charge in [0.15, 0.2) is 6.61 Å². The third-order valence-electron chi connectivity index (χ3n) is 1.55. The summed E-state index contributed by atoms with van der Waals surface area (Å²) in [6, 6.07) is 9.50.